The summed E-state index contributed by atoms with van der Waals surface area (Å²) in [6.07, 6.45) is 3.51. The van der Waals surface area contributed by atoms with Crippen LogP contribution in [0.2, 0.25) is 0 Å². The zero-order chi connectivity index (χ0) is 12.2. The van der Waals surface area contributed by atoms with E-state index >= 15 is 0 Å². The van der Waals surface area contributed by atoms with Gasteiger partial charge in [-0.05, 0) is 27.2 Å². The molecule has 1 aromatic heterocycles. The van der Waals surface area contributed by atoms with Crippen molar-refractivity contribution < 1.29 is 9.53 Å². The summed E-state index contributed by atoms with van der Waals surface area (Å²) in [5.74, 6) is -0.387. The molecule has 0 spiro atoms. The predicted molar refractivity (Wildman–Crippen MR) is 58.6 cm³/mol. The van der Waals surface area contributed by atoms with Crippen molar-refractivity contribution in [1.29, 1.82) is 0 Å². The van der Waals surface area contributed by atoms with Gasteiger partial charge in [0, 0.05) is 0 Å². The molecule has 2 N–H and O–H groups in total. The van der Waals surface area contributed by atoms with E-state index in [9.17, 15) is 4.79 Å². The molecule has 2 unspecified atom stereocenters. The molecule has 90 valence electrons. The highest BCUT2D eigenvalue weighted by Crippen LogP contribution is 2.18. The molecule has 0 saturated carbocycles. The van der Waals surface area contributed by atoms with Crippen LogP contribution in [0.5, 0.6) is 0 Å². The third-order valence-electron chi connectivity index (χ3n) is 2.35. The fourth-order valence-corrected chi connectivity index (χ4v) is 1.53. The monoisotopic (exact) mass is 226 g/mol. The molecule has 6 heteroatoms. The maximum Gasteiger partial charge on any atom is 0.325 e. The van der Waals surface area contributed by atoms with Crippen molar-refractivity contribution >= 4 is 5.97 Å². The van der Waals surface area contributed by atoms with Crippen LogP contribution < -0.4 is 5.73 Å². The third kappa shape index (κ3) is 3.03. The van der Waals surface area contributed by atoms with E-state index in [0.717, 1.165) is 0 Å². The first-order chi connectivity index (χ1) is 7.47. The molecule has 0 radical (unpaired) electrons. The molecule has 16 heavy (non-hydrogen) atoms. The van der Waals surface area contributed by atoms with Gasteiger partial charge in [-0.25, -0.2) is 4.98 Å². The van der Waals surface area contributed by atoms with Gasteiger partial charge in [-0.15, -0.1) is 0 Å². The van der Waals surface area contributed by atoms with Gasteiger partial charge >= 0.3 is 5.97 Å². The van der Waals surface area contributed by atoms with E-state index in [0.29, 0.717) is 13.0 Å². The fraction of sp³-hybridized carbons (Fsp3) is 0.700. The van der Waals surface area contributed by atoms with Gasteiger partial charge in [0.05, 0.1) is 12.6 Å². The SMILES string of the molecule is CCOC(=O)C(C)(N)CC(C)n1cncn1. The van der Waals surface area contributed by atoms with E-state index in [1.807, 2.05) is 6.92 Å². The van der Waals surface area contributed by atoms with Crippen molar-refractivity contribution in [1.82, 2.24) is 14.8 Å². The van der Waals surface area contributed by atoms with Crippen molar-refractivity contribution in [3.05, 3.63) is 12.7 Å². The lowest BCUT2D eigenvalue weighted by Gasteiger charge is -2.25. The first-order valence-corrected chi connectivity index (χ1v) is 5.27. The highest BCUT2D eigenvalue weighted by atomic mass is 16.5. The van der Waals surface area contributed by atoms with Crippen molar-refractivity contribution in [3.8, 4) is 0 Å². The van der Waals surface area contributed by atoms with E-state index in [-0.39, 0.29) is 12.0 Å². The number of esters is 1. The van der Waals surface area contributed by atoms with Gasteiger partial charge in [0.25, 0.3) is 0 Å². The lowest BCUT2D eigenvalue weighted by Crippen LogP contribution is -2.47. The van der Waals surface area contributed by atoms with E-state index in [2.05, 4.69) is 10.1 Å². The van der Waals surface area contributed by atoms with Crippen LogP contribution in [-0.4, -0.2) is 32.9 Å². The first-order valence-electron chi connectivity index (χ1n) is 5.27. The molecule has 1 rings (SSSR count). The number of ether oxygens (including phenoxy) is 1. The van der Waals surface area contributed by atoms with Crippen LogP contribution in [-0.2, 0) is 9.53 Å². The first kappa shape index (κ1) is 12.6. The second-order valence-corrected chi connectivity index (χ2v) is 4.07. The average Bonchev–Trinajstić information content (AvgIpc) is 2.70. The van der Waals surface area contributed by atoms with E-state index < -0.39 is 5.54 Å². The van der Waals surface area contributed by atoms with Crippen LogP contribution in [0.25, 0.3) is 0 Å². The number of nitrogens with zero attached hydrogens (tertiary/aromatic N) is 3. The molecule has 0 amide bonds. The number of hydrogen-bond donors (Lipinski definition) is 1. The molecule has 0 fully saturated rings. The van der Waals surface area contributed by atoms with Gasteiger partial charge in [0.15, 0.2) is 0 Å². The quantitative estimate of drug-likeness (QED) is 0.739. The zero-order valence-corrected chi connectivity index (χ0v) is 9.88. The molecule has 0 saturated heterocycles. The van der Waals surface area contributed by atoms with Gasteiger partial charge in [0.2, 0.25) is 0 Å². The van der Waals surface area contributed by atoms with Gasteiger partial charge in [-0.3, -0.25) is 9.48 Å². The fourth-order valence-electron chi connectivity index (χ4n) is 1.53. The number of aromatic nitrogens is 3. The Kier molecular flexibility index (Phi) is 4.00. The van der Waals surface area contributed by atoms with Gasteiger partial charge in [0.1, 0.15) is 18.2 Å². The highest BCUT2D eigenvalue weighted by Gasteiger charge is 2.32. The molecule has 0 aromatic carbocycles. The van der Waals surface area contributed by atoms with Crippen molar-refractivity contribution in [3.63, 3.8) is 0 Å². The molecule has 0 aliphatic rings. The maximum atomic E-state index is 11.6. The Bertz CT molecular complexity index is 335. The topological polar surface area (TPSA) is 83.0 Å². The Labute approximate surface area is 94.8 Å². The summed E-state index contributed by atoms with van der Waals surface area (Å²) in [5.41, 5.74) is 4.92. The van der Waals surface area contributed by atoms with Crippen LogP contribution >= 0.6 is 0 Å². The van der Waals surface area contributed by atoms with Gasteiger partial charge < -0.3 is 10.5 Å². The number of nitrogens with two attached hydrogens (primary N) is 1. The molecular formula is C10H18N4O2. The molecule has 0 bridgehead atoms. The molecule has 2 atom stereocenters. The van der Waals surface area contributed by atoms with Gasteiger partial charge in [-0.1, -0.05) is 0 Å². The average molecular weight is 226 g/mol. The second kappa shape index (κ2) is 5.07. The van der Waals surface area contributed by atoms with Crippen LogP contribution in [0.3, 0.4) is 0 Å². The summed E-state index contributed by atoms with van der Waals surface area (Å²) in [6.45, 7) is 5.69. The maximum absolute atomic E-state index is 11.6. The Hall–Kier alpha value is -1.43. The smallest absolute Gasteiger partial charge is 0.325 e. The molecule has 6 nitrogen and oxygen atoms in total. The van der Waals surface area contributed by atoms with E-state index in [1.54, 1.807) is 24.9 Å². The van der Waals surface area contributed by atoms with Crippen LogP contribution in [0.4, 0.5) is 0 Å². The molecule has 0 aliphatic heterocycles. The Morgan fingerprint density at radius 1 is 1.69 bits per heavy atom. The Morgan fingerprint density at radius 2 is 2.38 bits per heavy atom. The van der Waals surface area contributed by atoms with Gasteiger partial charge in [-0.2, -0.15) is 5.10 Å². The van der Waals surface area contributed by atoms with Crippen LogP contribution in [0.1, 0.15) is 33.2 Å². The third-order valence-corrected chi connectivity index (χ3v) is 2.35. The Morgan fingerprint density at radius 3 is 2.88 bits per heavy atom. The summed E-state index contributed by atoms with van der Waals surface area (Å²) in [5, 5.41) is 4.00. The van der Waals surface area contributed by atoms with E-state index in [4.69, 9.17) is 10.5 Å². The largest absolute Gasteiger partial charge is 0.465 e. The summed E-state index contributed by atoms with van der Waals surface area (Å²) in [4.78, 5) is 15.4. The summed E-state index contributed by atoms with van der Waals surface area (Å²) in [7, 11) is 0. The van der Waals surface area contributed by atoms with Crippen molar-refractivity contribution in [2.24, 2.45) is 5.73 Å². The minimum atomic E-state index is -0.999. The normalized spacial score (nSPS) is 16.5. The summed E-state index contributed by atoms with van der Waals surface area (Å²) in [6, 6.07) is 0.00176. The highest BCUT2D eigenvalue weighted by molar-refractivity contribution is 5.80. The molecule has 0 aliphatic carbocycles. The second-order valence-electron chi connectivity index (χ2n) is 4.07. The minimum Gasteiger partial charge on any atom is -0.465 e. The van der Waals surface area contributed by atoms with Crippen LogP contribution in [0.15, 0.2) is 12.7 Å². The minimum absolute atomic E-state index is 0.00176. The predicted octanol–water partition coefficient (Wildman–Crippen LogP) is 0.510. The lowest BCUT2D eigenvalue weighted by molar-refractivity contribution is -0.149. The molecular weight excluding hydrogens is 208 g/mol. The number of carbonyl (C=O) groups is 1. The van der Waals surface area contributed by atoms with Crippen molar-refractivity contribution in [2.45, 2.75) is 38.8 Å². The standard InChI is InChI=1S/C10H18N4O2/c1-4-16-9(15)10(3,11)5-8(2)14-7-12-6-13-14/h6-8H,4-5,11H2,1-3H3. The lowest BCUT2D eigenvalue weighted by atomic mass is 9.95. The number of rotatable bonds is 5. The Balaban J connectivity index is 2.62. The van der Waals surface area contributed by atoms with E-state index in [1.165, 1.54) is 6.33 Å². The number of carbonyl (C=O) groups excluding carboxylic acids is 1. The van der Waals surface area contributed by atoms with Crippen molar-refractivity contribution in [2.75, 3.05) is 6.61 Å². The number of hydrogen-bond acceptors (Lipinski definition) is 5. The summed E-state index contributed by atoms with van der Waals surface area (Å²) < 4.78 is 6.59. The van der Waals surface area contributed by atoms with Crippen LogP contribution in [0, 0.1) is 0 Å². The zero-order valence-electron chi connectivity index (χ0n) is 9.88. The molecule has 1 aromatic rings. The molecule has 1 heterocycles. The summed E-state index contributed by atoms with van der Waals surface area (Å²) >= 11 is 0.